The van der Waals surface area contributed by atoms with Gasteiger partial charge in [0.1, 0.15) is 12.6 Å². The molecule has 38 heavy (non-hydrogen) atoms. The summed E-state index contributed by atoms with van der Waals surface area (Å²) in [7, 11) is -4.07. The molecule has 0 radical (unpaired) electrons. The van der Waals surface area contributed by atoms with Gasteiger partial charge in [0.05, 0.1) is 10.6 Å². The van der Waals surface area contributed by atoms with E-state index < -0.39 is 28.5 Å². The van der Waals surface area contributed by atoms with Gasteiger partial charge in [-0.15, -0.1) is 0 Å². The van der Waals surface area contributed by atoms with Crippen molar-refractivity contribution in [2.75, 3.05) is 17.4 Å². The highest BCUT2D eigenvalue weighted by Gasteiger charge is 2.33. The number of aryl methyl sites for hydroxylation is 2. The zero-order chi connectivity index (χ0) is 27.7. The third kappa shape index (κ3) is 7.22. The van der Waals surface area contributed by atoms with Gasteiger partial charge in [0.25, 0.3) is 10.0 Å². The third-order valence-corrected chi connectivity index (χ3v) is 8.13. The largest absolute Gasteiger partial charge is 0.354 e. The number of carbonyl (C=O) groups excluding carboxylic acids is 2. The highest BCUT2D eigenvalue weighted by atomic mass is 32.2. The second kappa shape index (κ2) is 13.2. The maximum absolute atomic E-state index is 13.9. The minimum absolute atomic E-state index is 0.0961. The molecule has 1 atom stereocenters. The summed E-state index contributed by atoms with van der Waals surface area (Å²) in [5.74, 6) is -0.703. The lowest BCUT2D eigenvalue weighted by molar-refractivity contribution is -0.140. The van der Waals surface area contributed by atoms with Crippen LogP contribution in [0.4, 0.5) is 5.69 Å². The van der Waals surface area contributed by atoms with Crippen LogP contribution in [-0.4, -0.2) is 44.3 Å². The lowest BCUT2D eigenvalue weighted by Crippen LogP contribution is -2.52. The molecule has 0 aliphatic carbocycles. The van der Waals surface area contributed by atoms with Crippen molar-refractivity contribution in [3.05, 3.63) is 95.6 Å². The molecule has 202 valence electrons. The molecule has 1 N–H and O–H groups in total. The SMILES string of the molecule is CCCNC(=O)C(CC)N(Cc1ccccc1)C(=O)CN(c1ccc(C)cc1)S(=O)(=O)c1ccc(C)cc1. The summed E-state index contributed by atoms with van der Waals surface area (Å²) >= 11 is 0. The Morgan fingerprint density at radius 3 is 1.97 bits per heavy atom. The number of hydrogen-bond donors (Lipinski definition) is 1. The average molecular weight is 536 g/mol. The Morgan fingerprint density at radius 1 is 0.842 bits per heavy atom. The van der Waals surface area contributed by atoms with Crippen molar-refractivity contribution in [3.8, 4) is 0 Å². The first kappa shape index (κ1) is 28.9. The molecule has 3 aromatic carbocycles. The second-order valence-corrected chi connectivity index (χ2v) is 11.2. The van der Waals surface area contributed by atoms with Crippen molar-refractivity contribution in [1.29, 1.82) is 0 Å². The molecule has 8 heteroatoms. The molecule has 0 heterocycles. The number of hydrogen-bond acceptors (Lipinski definition) is 4. The molecule has 7 nitrogen and oxygen atoms in total. The first-order valence-corrected chi connectivity index (χ1v) is 14.4. The zero-order valence-corrected chi connectivity index (χ0v) is 23.4. The molecule has 0 fully saturated rings. The zero-order valence-electron chi connectivity index (χ0n) is 22.6. The van der Waals surface area contributed by atoms with Crippen LogP contribution in [0.1, 0.15) is 43.4 Å². The third-order valence-electron chi connectivity index (χ3n) is 6.34. The highest BCUT2D eigenvalue weighted by molar-refractivity contribution is 7.92. The molecule has 2 amide bonds. The lowest BCUT2D eigenvalue weighted by Gasteiger charge is -2.33. The maximum Gasteiger partial charge on any atom is 0.264 e. The Kier molecular flexibility index (Phi) is 10.1. The molecule has 0 saturated carbocycles. The Bertz CT molecular complexity index is 1310. The van der Waals surface area contributed by atoms with E-state index in [0.717, 1.165) is 27.4 Å². The van der Waals surface area contributed by atoms with Crippen LogP contribution in [0.15, 0.2) is 83.8 Å². The fourth-order valence-electron chi connectivity index (χ4n) is 4.14. The molecule has 0 aromatic heterocycles. The molecule has 3 rings (SSSR count). The number of carbonyl (C=O) groups is 2. The fourth-order valence-corrected chi connectivity index (χ4v) is 5.56. The number of benzene rings is 3. The van der Waals surface area contributed by atoms with E-state index in [1.807, 2.05) is 70.2 Å². The molecule has 1 unspecified atom stereocenters. The Hall–Kier alpha value is -3.65. The molecule has 3 aromatic rings. The molecule has 0 spiro atoms. The van der Waals surface area contributed by atoms with Gasteiger partial charge >= 0.3 is 0 Å². The predicted molar refractivity (Wildman–Crippen MR) is 151 cm³/mol. The Labute approximate surface area is 226 Å². The van der Waals surface area contributed by atoms with Crippen molar-refractivity contribution in [2.24, 2.45) is 0 Å². The predicted octanol–water partition coefficient (Wildman–Crippen LogP) is 4.83. The number of nitrogens with one attached hydrogen (secondary N) is 1. The van der Waals surface area contributed by atoms with Crippen molar-refractivity contribution in [3.63, 3.8) is 0 Å². The maximum atomic E-state index is 13.9. The Balaban J connectivity index is 2.03. The van der Waals surface area contributed by atoms with Crippen LogP contribution in [0.2, 0.25) is 0 Å². The van der Waals surface area contributed by atoms with Crippen LogP contribution in [0, 0.1) is 13.8 Å². The smallest absolute Gasteiger partial charge is 0.264 e. The van der Waals surface area contributed by atoms with Crippen LogP contribution in [0.5, 0.6) is 0 Å². The lowest BCUT2D eigenvalue weighted by atomic mass is 10.1. The summed E-state index contributed by atoms with van der Waals surface area (Å²) in [6.45, 7) is 7.85. The summed E-state index contributed by atoms with van der Waals surface area (Å²) in [4.78, 5) is 28.6. The Morgan fingerprint density at radius 2 is 1.42 bits per heavy atom. The fraction of sp³-hybridized carbons (Fsp3) is 0.333. The van der Waals surface area contributed by atoms with E-state index in [0.29, 0.717) is 18.7 Å². The minimum atomic E-state index is -4.07. The van der Waals surface area contributed by atoms with Gasteiger partial charge in [-0.1, -0.05) is 79.6 Å². The van der Waals surface area contributed by atoms with Gasteiger partial charge < -0.3 is 10.2 Å². The second-order valence-electron chi connectivity index (χ2n) is 9.38. The van der Waals surface area contributed by atoms with E-state index in [1.165, 1.54) is 4.90 Å². The van der Waals surface area contributed by atoms with Gasteiger partial charge in [-0.25, -0.2) is 8.42 Å². The van der Waals surface area contributed by atoms with Crippen LogP contribution in [-0.2, 0) is 26.2 Å². The van der Waals surface area contributed by atoms with E-state index in [-0.39, 0.29) is 17.3 Å². The summed E-state index contributed by atoms with van der Waals surface area (Å²) in [5.41, 5.74) is 3.13. The number of amides is 2. The first-order valence-electron chi connectivity index (χ1n) is 12.9. The van der Waals surface area contributed by atoms with Crippen LogP contribution in [0.3, 0.4) is 0 Å². The van der Waals surface area contributed by atoms with Gasteiger partial charge in [-0.2, -0.15) is 0 Å². The summed E-state index contributed by atoms with van der Waals surface area (Å²) in [5, 5.41) is 2.89. The van der Waals surface area contributed by atoms with E-state index in [4.69, 9.17) is 0 Å². The van der Waals surface area contributed by atoms with Crippen LogP contribution < -0.4 is 9.62 Å². The van der Waals surface area contributed by atoms with Crippen LogP contribution in [0.25, 0.3) is 0 Å². The van der Waals surface area contributed by atoms with Crippen molar-refractivity contribution >= 4 is 27.5 Å². The molecular weight excluding hydrogens is 498 g/mol. The van der Waals surface area contributed by atoms with E-state index in [9.17, 15) is 18.0 Å². The number of rotatable bonds is 12. The van der Waals surface area contributed by atoms with Crippen molar-refractivity contribution in [2.45, 2.75) is 58.0 Å². The monoisotopic (exact) mass is 535 g/mol. The molecule has 0 aliphatic heterocycles. The van der Waals surface area contributed by atoms with Gasteiger partial charge in [-0.3, -0.25) is 13.9 Å². The summed E-state index contributed by atoms with van der Waals surface area (Å²) in [6, 6.07) is 22.2. The van der Waals surface area contributed by atoms with Gasteiger partial charge in [0.15, 0.2) is 0 Å². The number of sulfonamides is 1. The topological polar surface area (TPSA) is 86.8 Å². The van der Waals surface area contributed by atoms with E-state index >= 15 is 0 Å². The minimum Gasteiger partial charge on any atom is -0.354 e. The molecular formula is C30H37N3O4S. The van der Waals surface area contributed by atoms with Crippen molar-refractivity contribution in [1.82, 2.24) is 10.2 Å². The van der Waals surface area contributed by atoms with E-state index in [1.54, 1.807) is 36.4 Å². The summed E-state index contributed by atoms with van der Waals surface area (Å²) < 4.78 is 28.8. The van der Waals surface area contributed by atoms with Crippen LogP contribution >= 0.6 is 0 Å². The highest BCUT2D eigenvalue weighted by Crippen LogP contribution is 2.25. The normalized spacial score (nSPS) is 12.0. The van der Waals surface area contributed by atoms with Gasteiger partial charge in [0.2, 0.25) is 11.8 Å². The van der Waals surface area contributed by atoms with Crippen molar-refractivity contribution < 1.29 is 18.0 Å². The number of anilines is 1. The molecule has 0 aliphatic rings. The first-order chi connectivity index (χ1) is 18.2. The quantitative estimate of drug-likeness (QED) is 0.360. The van der Waals surface area contributed by atoms with Gasteiger partial charge in [0, 0.05) is 13.1 Å². The average Bonchev–Trinajstić information content (AvgIpc) is 2.91. The number of nitrogens with zero attached hydrogens (tertiary/aromatic N) is 2. The molecule has 0 bridgehead atoms. The molecule has 0 saturated heterocycles. The summed E-state index contributed by atoms with van der Waals surface area (Å²) in [6.07, 6.45) is 1.16. The van der Waals surface area contributed by atoms with Gasteiger partial charge in [-0.05, 0) is 56.5 Å². The van der Waals surface area contributed by atoms with E-state index in [2.05, 4.69) is 5.32 Å². The standard InChI is InChI=1S/C30H37N3O4S/c1-5-20-31-30(35)28(6-2)32(21-25-10-8-7-9-11-25)29(34)22-33(26-16-12-23(3)13-17-26)38(36,37)27-18-14-24(4)15-19-27/h7-19,28H,5-6,20-22H2,1-4H3,(H,31,35).